The van der Waals surface area contributed by atoms with Crippen molar-refractivity contribution in [2.45, 2.75) is 51.0 Å². The van der Waals surface area contributed by atoms with Gasteiger partial charge >= 0.3 is 0 Å². The predicted molar refractivity (Wildman–Crippen MR) is 80.2 cm³/mol. The molecule has 1 atom stereocenters. The zero-order valence-electron chi connectivity index (χ0n) is 12.3. The molecule has 0 aromatic carbocycles. The Balaban J connectivity index is 1.48. The first-order valence-electron chi connectivity index (χ1n) is 7.94. The van der Waals surface area contributed by atoms with Crippen LogP contribution in [-0.4, -0.2) is 46.5 Å². The van der Waals surface area contributed by atoms with Gasteiger partial charge < -0.3 is 10.1 Å². The van der Waals surface area contributed by atoms with Gasteiger partial charge in [-0.1, -0.05) is 6.42 Å². The molecule has 20 heavy (non-hydrogen) atoms. The Morgan fingerprint density at radius 1 is 1.20 bits per heavy atom. The van der Waals surface area contributed by atoms with Crippen molar-refractivity contribution in [3.8, 4) is 0 Å². The molecule has 0 radical (unpaired) electrons. The van der Waals surface area contributed by atoms with Gasteiger partial charge in [0, 0.05) is 25.8 Å². The molecule has 1 aliphatic carbocycles. The lowest BCUT2D eigenvalue weighted by Gasteiger charge is -2.23. The van der Waals surface area contributed by atoms with E-state index in [9.17, 15) is 8.42 Å². The molecule has 0 bridgehead atoms. The quantitative estimate of drug-likeness (QED) is 0.596. The molecule has 1 unspecified atom stereocenters. The first-order chi connectivity index (χ1) is 9.66. The van der Waals surface area contributed by atoms with Crippen molar-refractivity contribution in [3.63, 3.8) is 0 Å². The van der Waals surface area contributed by atoms with Gasteiger partial charge in [0.2, 0.25) is 10.0 Å². The molecular formula is C14H28N2O3S. The van der Waals surface area contributed by atoms with Crippen molar-refractivity contribution < 1.29 is 13.2 Å². The highest BCUT2D eigenvalue weighted by molar-refractivity contribution is 7.89. The summed E-state index contributed by atoms with van der Waals surface area (Å²) in [5.74, 6) is 1.00. The molecular weight excluding hydrogens is 276 g/mol. The van der Waals surface area contributed by atoms with Gasteiger partial charge in [0.15, 0.2) is 0 Å². The molecule has 1 aliphatic heterocycles. The molecule has 1 saturated heterocycles. The molecule has 118 valence electrons. The minimum Gasteiger partial charge on any atom is -0.381 e. The van der Waals surface area contributed by atoms with Crippen LogP contribution in [0.3, 0.4) is 0 Å². The number of nitrogens with one attached hydrogen (secondary N) is 2. The third-order valence-corrected chi connectivity index (χ3v) is 5.40. The van der Waals surface area contributed by atoms with Crippen molar-refractivity contribution in [2.24, 2.45) is 5.92 Å². The summed E-state index contributed by atoms with van der Waals surface area (Å²) >= 11 is 0. The number of hydrogen-bond acceptors (Lipinski definition) is 4. The van der Waals surface area contributed by atoms with Crippen LogP contribution >= 0.6 is 0 Å². The summed E-state index contributed by atoms with van der Waals surface area (Å²) in [6, 6.07) is 0.377. The van der Waals surface area contributed by atoms with E-state index in [4.69, 9.17) is 4.74 Å². The van der Waals surface area contributed by atoms with E-state index in [0.717, 1.165) is 31.9 Å². The topological polar surface area (TPSA) is 67.4 Å². The van der Waals surface area contributed by atoms with Gasteiger partial charge in [0.25, 0.3) is 0 Å². The average molecular weight is 304 g/mol. The fourth-order valence-electron chi connectivity index (χ4n) is 2.48. The standard InChI is InChI=1S/C14H28N2O3S/c17-20(18,11-7-14-4-1-2-8-15-14)16-9-3-10-19-12-13-5-6-13/h13-16H,1-12H2. The smallest absolute Gasteiger partial charge is 0.211 e. The molecule has 0 spiro atoms. The molecule has 0 aromatic rings. The molecule has 2 rings (SSSR count). The minimum absolute atomic E-state index is 0.230. The molecule has 0 amide bonds. The maximum absolute atomic E-state index is 11.8. The normalized spacial score (nSPS) is 23.9. The van der Waals surface area contributed by atoms with Gasteiger partial charge in [-0.25, -0.2) is 13.1 Å². The molecule has 0 aromatic heterocycles. The first kappa shape index (κ1) is 16.2. The second-order valence-corrected chi connectivity index (χ2v) is 7.95. The lowest BCUT2D eigenvalue weighted by atomic mass is 10.0. The monoisotopic (exact) mass is 304 g/mol. The maximum Gasteiger partial charge on any atom is 0.211 e. The number of piperidine rings is 1. The van der Waals surface area contributed by atoms with Crippen LogP contribution in [-0.2, 0) is 14.8 Å². The molecule has 6 heteroatoms. The zero-order valence-corrected chi connectivity index (χ0v) is 13.1. The van der Waals surface area contributed by atoms with Gasteiger partial charge in [-0.05, 0) is 51.0 Å². The fraction of sp³-hybridized carbons (Fsp3) is 1.00. The Labute approximate surface area is 122 Å². The van der Waals surface area contributed by atoms with Crippen molar-refractivity contribution in [2.75, 3.05) is 32.1 Å². The van der Waals surface area contributed by atoms with Gasteiger partial charge in [0.05, 0.1) is 5.75 Å². The van der Waals surface area contributed by atoms with E-state index < -0.39 is 10.0 Å². The van der Waals surface area contributed by atoms with Gasteiger partial charge in [-0.2, -0.15) is 0 Å². The SMILES string of the molecule is O=S(=O)(CCC1CCCCN1)NCCCOCC1CC1. The third-order valence-electron chi connectivity index (χ3n) is 3.99. The van der Waals surface area contributed by atoms with E-state index in [1.165, 1.54) is 25.7 Å². The van der Waals surface area contributed by atoms with Crippen LogP contribution < -0.4 is 10.0 Å². The summed E-state index contributed by atoms with van der Waals surface area (Å²) in [5, 5.41) is 3.38. The van der Waals surface area contributed by atoms with Crippen LogP contribution in [0.2, 0.25) is 0 Å². The lowest BCUT2D eigenvalue weighted by Crippen LogP contribution is -2.37. The van der Waals surface area contributed by atoms with Crippen molar-refractivity contribution >= 4 is 10.0 Å². The van der Waals surface area contributed by atoms with Crippen LogP contribution in [0, 0.1) is 5.92 Å². The summed E-state index contributed by atoms with van der Waals surface area (Å²) in [6.07, 6.45) is 7.58. The van der Waals surface area contributed by atoms with Gasteiger partial charge in [0.1, 0.15) is 0 Å². The first-order valence-corrected chi connectivity index (χ1v) is 9.59. The highest BCUT2D eigenvalue weighted by atomic mass is 32.2. The summed E-state index contributed by atoms with van der Waals surface area (Å²) in [6.45, 7) is 3.02. The number of ether oxygens (including phenoxy) is 1. The van der Waals surface area contributed by atoms with E-state index in [1.54, 1.807) is 0 Å². The highest BCUT2D eigenvalue weighted by Gasteiger charge is 2.21. The molecule has 1 heterocycles. The Bertz CT molecular complexity index is 363. The van der Waals surface area contributed by atoms with Crippen LogP contribution in [0.1, 0.15) is 44.9 Å². The van der Waals surface area contributed by atoms with Crippen LogP contribution in [0.15, 0.2) is 0 Å². The summed E-state index contributed by atoms with van der Waals surface area (Å²) in [5.41, 5.74) is 0. The van der Waals surface area contributed by atoms with Gasteiger partial charge in [-0.3, -0.25) is 0 Å². The average Bonchev–Trinajstić information content (AvgIpc) is 3.26. The van der Waals surface area contributed by atoms with E-state index in [1.807, 2.05) is 0 Å². The van der Waals surface area contributed by atoms with E-state index in [2.05, 4.69) is 10.0 Å². The van der Waals surface area contributed by atoms with Crippen molar-refractivity contribution in [1.29, 1.82) is 0 Å². The Hall–Kier alpha value is -0.170. The number of rotatable bonds is 10. The highest BCUT2D eigenvalue weighted by Crippen LogP contribution is 2.28. The Morgan fingerprint density at radius 2 is 2.05 bits per heavy atom. The van der Waals surface area contributed by atoms with E-state index >= 15 is 0 Å². The van der Waals surface area contributed by atoms with Crippen LogP contribution in [0.5, 0.6) is 0 Å². The Morgan fingerprint density at radius 3 is 2.75 bits per heavy atom. The lowest BCUT2D eigenvalue weighted by molar-refractivity contribution is 0.123. The van der Waals surface area contributed by atoms with Crippen molar-refractivity contribution in [1.82, 2.24) is 10.0 Å². The van der Waals surface area contributed by atoms with Crippen LogP contribution in [0.25, 0.3) is 0 Å². The number of hydrogen-bond donors (Lipinski definition) is 2. The van der Waals surface area contributed by atoms with E-state index in [-0.39, 0.29) is 5.75 Å². The summed E-state index contributed by atoms with van der Waals surface area (Å²) in [4.78, 5) is 0. The van der Waals surface area contributed by atoms with E-state index in [0.29, 0.717) is 25.6 Å². The Kier molecular flexibility index (Phi) is 6.74. The molecule has 1 saturated carbocycles. The molecule has 2 fully saturated rings. The minimum atomic E-state index is -3.12. The fourth-order valence-corrected chi connectivity index (χ4v) is 3.67. The maximum atomic E-state index is 11.8. The predicted octanol–water partition coefficient (Wildman–Crippen LogP) is 1.25. The zero-order chi connectivity index (χ0) is 14.3. The van der Waals surface area contributed by atoms with Crippen molar-refractivity contribution in [3.05, 3.63) is 0 Å². The summed E-state index contributed by atoms with van der Waals surface area (Å²) in [7, 11) is -3.12. The molecule has 2 aliphatic rings. The molecule has 5 nitrogen and oxygen atoms in total. The molecule has 2 N–H and O–H groups in total. The third kappa shape index (κ3) is 7.02. The van der Waals surface area contributed by atoms with Crippen LogP contribution in [0.4, 0.5) is 0 Å². The van der Waals surface area contributed by atoms with Gasteiger partial charge in [-0.15, -0.1) is 0 Å². The second-order valence-electron chi connectivity index (χ2n) is 6.02. The second kappa shape index (κ2) is 8.32. The summed E-state index contributed by atoms with van der Waals surface area (Å²) < 4.78 is 31.8. The number of sulfonamides is 1. The largest absolute Gasteiger partial charge is 0.381 e.